The molecule has 1 heterocycles. The molecule has 3 heteroatoms. The summed E-state index contributed by atoms with van der Waals surface area (Å²) in [4.78, 5) is 1.85. The summed E-state index contributed by atoms with van der Waals surface area (Å²) in [6.07, 6.45) is 4.36. The maximum absolute atomic E-state index is 5.17. The van der Waals surface area contributed by atoms with Gasteiger partial charge in [-0.15, -0.1) is 0 Å². The zero-order valence-electron chi connectivity index (χ0n) is 7.64. The lowest BCUT2D eigenvalue weighted by atomic mass is 9.74. The molecule has 0 atom stereocenters. The van der Waals surface area contributed by atoms with E-state index in [0.717, 1.165) is 22.8 Å². The Balaban J connectivity index is 2.76. The van der Waals surface area contributed by atoms with E-state index in [0.29, 0.717) is 5.41 Å². The molecule has 0 bridgehead atoms. The van der Waals surface area contributed by atoms with Crippen molar-refractivity contribution in [2.24, 2.45) is 5.41 Å². The van der Waals surface area contributed by atoms with Gasteiger partial charge in [0.05, 0.1) is 9.98 Å². The fourth-order valence-electron chi connectivity index (χ4n) is 1.74. The normalized spacial score (nSPS) is 22.2. The molecule has 0 unspecified atom stereocenters. The van der Waals surface area contributed by atoms with Crippen LogP contribution in [0.25, 0.3) is 0 Å². The Morgan fingerprint density at radius 2 is 1.58 bits per heavy atom. The lowest BCUT2D eigenvalue weighted by molar-refractivity contribution is 0.280. The second kappa shape index (κ2) is 3.79. The van der Waals surface area contributed by atoms with Crippen molar-refractivity contribution in [3.8, 4) is 0 Å². The Kier molecular flexibility index (Phi) is 3.18. The van der Waals surface area contributed by atoms with Crippen LogP contribution >= 0.6 is 24.4 Å². The Morgan fingerprint density at radius 1 is 1.17 bits per heavy atom. The summed E-state index contributed by atoms with van der Waals surface area (Å²) in [6, 6.07) is 0. The van der Waals surface area contributed by atoms with Crippen LogP contribution in [0.4, 0.5) is 0 Å². The van der Waals surface area contributed by atoms with E-state index in [1.54, 1.807) is 0 Å². The van der Waals surface area contributed by atoms with Gasteiger partial charge in [-0.1, -0.05) is 38.3 Å². The lowest BCUT2D eigenvalue weighted by Gasteiger charge is -2.36. The van der Waals surface area contributed by atoms with Crippen molar-refractivity contribution in [1.82, 2.24) is 5.32 Å². The zero-order valence-corrected chi connectivity index (χ0v) is 9.28. The highest BCUT2D eigenvalue weighted by Gasteiger charge is 2.32. The number of nitrogens with one attached hydrogen (secondary N) is 1. The monoisotopic (exact) mass is 201 g/mol. The van der Waals surface area contributed by atoms with E-state index in [1.165, 1.54) is 12.8 Å². The number of hydrogen-bond acceptors (Lipinski definition) is 2. The zero-order chi connectivity index (χ0) is 9.19. The smallest absolute Gasteiger partial charge is 0.0806 e. The molecular formula is C9H15NS2. The van der Waals surface area contributed by atoms with Crippen molar-refractivity contribution in [2.75, 3.05) is 0 Å². The molecule has 0 spiro atoms. The van der Waals surface area contributed by atoms with Gasteiger partial charge in [-0.2, -0.15) is 0 Å². The average molecular weight is 201 g/mol. The molecule has 1 aliphatic heterocycles. The summed E-state index contributed by atoms with van der Waals surface area (Å²) in [5.74, 6) is 0. The van der Waals surface area contributed by atoms with Gasteiger partial charge in [0.1, 0.15) is 0 Å². The summed E-state index contributed by atoms with van der Waals surface area (Å²) in [5, 5.41) is 3.07. The van der Waals surface area contributed by atoms with Gasteiger partial charge in [0, 0.05) is 12.8 Å². The van der Waals surface area contributed by atoms with Gasteiger partial charge in [-0.05, 0) is 18.3 Å². The van der Waals surface area contributed by atoms with Gasteiger partial charge in [0.15, 0.2) is 0 Å². The molecule has 0 aromatic carbocycles. The first kappa shape index (κ1) is 10.1. The van der Waals surface area contributed by atoms with Crippen LogP contribution in [0.3, 0.4) is 0 Å². The van der Waals surface area contributed by atoms with Gasteiger partial charge < -0.3 is 5.32 Å². The van der Waals surface area contributed by atoms with Crippen LogP contribution in [0.1, 0.15) is 39.5 Å². The van der Waals surface area contributed by atoms with E-state index < -0.39 is 0 Å². The summed E-state index contributed by atoms with van der Waals surface area (Å²) in [7, 11) is 0. The maximum atomic E-state index is 5.17. The van der Waals surface area contributed by atoms with E-state index in [4.69, 9.17) is 24.4 Å². The highest BCUT2D eigenvalue weighted by Crippen LogP contribution is 2.37. The van der Waals surface area contributed by atoms with Crippen molar-refractivity contribution in [3.63, 3.8) is 0 Å². The minimum atomic E-state index is 0.361. The second-order valence-corrected chi connectivity index (χ2v) is 4.52. The quantitative estimate of drug-likeness (QED) is 0.690. The van der Waals surface area contributed by atoms with E-state index in [-0.39, 0.29) is 0 Å². The molecule has 1 rings (SSSR count). The first-order valence-electron chi connectivity index (χ1n) is 4.44. The summed E-state index contributed by atoms with van der Waals surface area (Å²) in [5.41, 5.74) is 0.361. The minimum Gasteiger partial charge on any atom is -0.345 e. The molecule has 0 saturated carbocycles. The largest absolute Gasteiger partial charge is 0.345 e. The Hall–Kier alpha value is -0.0200. The van der Waals surface area contributed by atoms with Gasteiger partial charge in [-0.3, -0.25) is 0 Å². The number of thiocarbonyl (C=S) groups is 2. The van der Waals surface area contributed by atoms with Crippen LogP contribution in [-0.4, -0.2) is 9.98 Å². The average Bonchev–Trinajstić information content (AvgIpc) is 2.02. The third-order valence-corrected chi connectivity index (χ3v) is 3.34. The molecule has 0 aromatic heterocycles. The van der Waals surface area contributed by atoms with E-state index in [2.05, 4.69) is 19.2 Å². The molecule has 0 aliphatic carbocycles. The Morgan fingerprint density at radius 3 is 1.92 bits per heavy atom. The molecule has 68 valence electrons. The van der Waals surface area contributed by atoms with E-state index in [1.807, 2.05) is 0 Å². The van der Waals surface area contributed by atoms with Crippen molar-refractivity contribution in [3.05, 3.63) is 0 Å². The molecule has 12 heavy (non-hydrogen) atoms. The van der Waals surface area contributed by atoms with Gasteiger partial charge in [-0.25, -0.2) is 0 Å². The predicted molar refractivity (Wildman–Crippen MR) is 60.6 cm³/mol. The highest BCUT2D eigenvalue weighted by molar-refractivity contribution is 7.82. The first-order chi connectivity index (χ1) is 5.62. The first-order valence-corrected chi connectivity index (χ1v) is 5.26. The summed E-state index contributed by atoms with van der Waals surface area (Å²) >= 11 is 10.3. The predicted octanol–water partition coefficient (Wildman–Crippen LogP) is 2.83. The maximum Gasteiger partial charge on any atom is 0.0806 e. The molecule has 1 saturated heterocycles. The molecule has 1 fully saturated rings. The van der Waals surface area contributed by atoms with Gasteiger partial charge in [0.25, 0.3) is 0 Å². The SMILES string of the molecule is CCC1(CC)CC(=S)NC(=S)C1. The third-order valence-electron chi connectivity index (χ3n) is 2.85. The lowest BCUT2D eigenvalue weighted by Crippen LogP contribution is -2.42. The minimum absolute atomic E-state index is 0.361. The van der Waals surface area contributed by atoms with Crippen molar-refractivity contribution in [1.29, 1.82) is 0 Å². The molecule has 0 aromatic rings. The molecule has 1 N–H and O–H groups in total. The Bertz CT molecular complexity index is 189. The number of piperidine rings is 1. The van der Waals surface area contributed by atoms with E-state index in [9.17, 15) is 0 Å². The molecule has 0 amide bonds. The van der Waals surface area contributed by atoms with Gasteiger partial charge >= 0.3 is 0 Å². The fraction of sp³-hybridized carbons (Fsp3) is 0.778. The van der Waals surface area contributed by atoms with Crippen molar-refractivity contribution >= 4 is 34.4 Å². The van der Waals surface area contributed by atoms with Crippen LogP contribution in [-0.2, 0) is 0 Å². The Labute approximate surface area is 84.9 Å². The molecule has 1 nitrogen and oxygen atoms in total. The fourth-order valence-corrected chi connectivity index (χ4v) is 2.66. The number of hydrogen-bond donors (Lipinski definition) is 1. The van der Waals surface area contributed by atoms with Crippen LogP contribution in [0.5, 0.6) is 0 Å². The van der Waals surface area contributed by atoms with Crippen molar-refractivity contribution < 1.29 is 0 Å². The summed E-state index contributed by atoms with van der Waals surface area (Å²) in [6.45, 7) is 4.44. The second-order valence-electron chi connectivity index (χ2n) is 3.53. The van der Waals surface area contributed by atoms with Gasteiger partial charge in [0.2, 0.25) is 0 Å². The van der Waals surface area contributed by atoms with Crippen LogP contribution in [0.2, 0.25) is 0 Å². The highest BCUT2D eigenvalue weighted by atomic mass is 32.1. The van der Waals surface area contributed by atoms with Crippen LogP contribution in [0.15, 0.2) is 0 Å². The standard InChI is InChI=1S/C9H15NS2/c1-3-9(4-2)5-7(11)10-8(12)6-9/h3-6H2,1-2H3,(H,10,11,12). The summed E-state index contributed by atoms with van der Waals surface area (Å²) < 4.78 is 0. The number of rotatable bonds is 2. The third kappa shape index (κ3) is 2.02. The van der Waals surface area contributed by atoms with Crippen LogP contribution in [0, 0.1) is 5.41 Å². The van der Waals surface area contributed by atoms with E-state index >= 15 is 0 Å². The molecular weight excluding hydrogens is 186 g/mol. The topological polar surface area (TPSA) is 12.0 Å². The van der Waals surface area contributed by atoms with Crippen molar-refractivity contribution in [2.45, 2.75) is 39.5 Å². The molecule has 1 aliphatic rings. The molecule has 0 radical (unpaired) electrons. The van der Waals surface area contributed by atoms with Crippen LogP contribution < -0.4 is 5.32 Å².